The lowest BCUT2D eigenvalue weighted by Crippen LogP contribution is -2.29. The summed E-state index contributed by atoms with van der Waals surface area (Å²) in [5, 5.41) is 0.730. The van der Waals surface area contributed by atoms with E-state index in [1.807, 2.05) is 12.1 Å². The molecule has 5 nitrogen and oxygen atoms in total. The maximum atomic E-state index is 11.3. The van der Waals surface area contributed by atoms with Crippen LogP contribution in [0.1, 0.15) is 41.0 Å². The molecular formula is C15H19N3O2S. The minimum atomic E-state index is -0.340. The van der Waals surface area contributed by atoms with Crippen molar-refractivity contribution in [1.82, 2.24) is 10.4 Å². The molecule has 2 rings (SSSR count). The fraction of sp³-hybridized carbons (Fsp3) is 0.333. The molecule has 6 heteroatoms. The van der Waals surface area contributed by atoms with E-state index in [1.54, 1.807) is 0 Å². The summed E-state index contributed by atoms with van der Waals surface area (Å²) in [7, 11) is 0. The van der Waals surface area contributed by atoms with Crippen molar-refractivity contribution >= 4 is 17.2 Å². The van der Waals surface area contributed by atoms with Gasteiger partial charge >= 0.3 is 0 Å². The second-order valence-electron chi connectivity index (χ2n) is 5.65. The third-order valence-electron chi connectivity index (χ3n) is 2.99. The van der Waals surface area contributed by atoms with Crippen molar-refractivity contribution in [2.75, 3.05) is 0 Å². The number of hydrogen-bond acceptors (Lipinski definition) is 5. The van der Waals surface area contributed by atoms with Crippen molar-refractivity contribution in [3.63, 3.8) is 0 Å². The van der Waals surface area contributed by atoms with E-state index in [1.165, 1.54) is 23.1 Å². The molecule has 0 aliphatic carbocycles. The van der Waals surface area contributed by atoms with Crippen LogP contribution in [0.15, 0.2) is 30.5 Å². The first-order valence-corrected chi connectivity index (χ1v) is 7.41. The molecule has 3 N–H and O–H groups in total. The Bertz CT molecular complexity index is 615. The molecular weight excluding hydrogens is 286 g/mol. The first-order valence-electron chi connectivity index (χ1n) is 6.59. The van der Waals surface area contributed by atoms with E-state index >= 15 is 0 Å². The molecule has 1 aromatic carbocycles. The Morgan fingerprint density at radius 3 is 2.57 bits per heavy atom. The van der Waals surface area contributed by atoms with Crippen LogP contribution < -0.4 is 16.0 Å². The van der Waals surface area contributed by atoms with Crippen molar-refractivity contribution < 1.29 is 9.53 Å². The summed E-state index contributed by atoms with van der Waals surface area (Å²) in [6.45, 7) is 6.84. The third-order valence-corrected chi connectivity index (χ3v) is 3.96. The number of benzene rings is 1. The molecule has 2 aromatic rings. The van der Waals surface area contributed by atoms with Crippen molar-refractivity contribution in [3.8, 4) is 5.75 Å². The van der Waals surface area contributed by atoms with Gasteiger partial charge in [0.05, 0.1) is 6.20 Å². The van der Waals surface area contributed by atoms with E-state index in [2.05, 4.69) is 43.3 Å². The number of nitrogens with zero attached hydrogens (tertiary/aromatic N) is 1. The van der Waals surface area contributed by atoms with Gasteiger partial charge in [0.25, 0.3) is 5.91 Å². The predicted molar refractivity (Wildman–Crippen MR) is 83.2 cm³/mol. The number of carbonyl (C=O) groups is 1. The average Bonchev–Trinajstić information content (AvgIpc) is 2.92. The summed E-state index contributed by atoms with van der Waals surface area (Å²) in [6, 6.07) is 8.01. The normalized spacial score (nSPS) is 11.2. The van der Waals surface area contributed by atoms with Gasteiger partial charge in [-0.2, -0.15) is 0 Å². The Morgan fingerprint density at radius 2 is 2.00 bits per heavy atom. The van der Waals surface area contributed by atoms with Gasteiger partial charge in [-0.1, -0.05) is 32.9 Å². The quantitative estimate of drug-likeness (QED) is 0.517. The molecule has 0 unspecified atom stereocenters. The third kappa shape index (κ3) is 4.03. The van der Waals surface area contributed by atoms with Gasteiger partial charge in [-0.3, -0.25) is 10.2 Å². The van der Waals surface area contributed by atoms with Crippen LogP contribution in [0.25, 0.3) is 0 Å². The number of hydrogen-bond donors (Lipinski definition) is 2. The lowest BCUT2D eigenvalue weighted by molar-refractivity contribution is 0.0957. The zero-order chi connectivity index (χ0) is 15.5. The van der Waals surface area contributed by atoms with Gasteiger partial charge in [0.2, 0.25) is 0 Å². The predicted octanol–water partition coefficient (Wildman–Crippen LogP) is 2.62. The molecule has 0 bridgehead atoms. The maximum Gasteiger partial charge on any atom is 0.276 e. The molecule has 1 aromatic heterocycles. The monoisotopic (exact) mass is 305 g/mol. The number of rotatable bonds is 4. The summed E-state index contributed by atoms with van der Waals surface area (Å²) in [5.74, 6) is 5.52. The van der Waals surface area contributed by atoms with Gasteiger partial charge in [0.1, 0.15) is 22.2 Å². The van der Waals surface area contributed by atoms with Crippen molar-refractivity contribution in [2.45, 2.75) is 32.8 Å². The van der Waals surface area contributed by atoms with Gasteiger partial charge in [0.15, 0.2) is 0 Å². The highest BCUT2D eigenvalue weighted by Crippen LogP contribution is 2.25. The van der Waals surface area contributed by atoms with Gasteiger partial charge in [-0.25, -0.2) is 10.8 Å². The molecule has 1 amide bonds. The fourth-order valence-corrected chi connectivity index (χ4v) is 2.48. The van der Waals surface area contributed by atoms with Crippen LogP contribution in [0.2, 0.25) is 0 Å². The summed E-state index contributed by atoms with van der Waals surface area (Å²) in [6.07, 6.45) is 1.49. The van der Waals surface area contributed by atoms with Gasteiger partial charge < -0.3 is 4.74 Å². The first-order chi connectivity index (χ1) is 9.90. The number of carbonyl (C=O) groups excluding carboxylic acids is 1. The second kappa shape index (κ2) is 6.24. The van der Waals surface area contributed by atoms with E-state index in [9.17, 15) is 4.79 Å². The lowest BCUT2D eigenvalue weighted by Gasteiger charge is -2.19. The van der Waals surface area contributed by atoms with E-state index in [0.717, 1.165) is 10.8 Å². The standard InChI is InChI=1S/C15H19N3O2S/c1-15(2,3)10-4-6-11(7-5-10)20-9-13-17-8-12(21-13)14(19)18-16/h4-8H,9,16H2,1-3H3,(H,18,19). The van der Waals surface area contributed by atoms with Gasteiger partial charge in [0, 0.05) is 0 Å². The maximum absolute atomic E-state index is 11.3. The molecule has 0 spiro atoms. The van der Waals surface area contributed by atoms with Crippen LogP contribution in [-0.4, -0.2) is 10.9 Å². The number of nitrogens with two attached hydrogens (primary N) is 1. The van der Waals surface area contributed by atoms with Crippen molar-refractivity contribution in [3.05, 3.63) is 45.9 Å². The van der Waals surface area contributed by atoms with Gasteiger partial charge in [-0.15, -0.1) is 11.3 Å². The Balaban J connectivity index is 1.97. The molecule has 0 aliphatic heterocycles. The number of aromatic nitrogens is 1. The topological polar surface area (TPSA) is 77.2 Å². The van der Waals surface area contributed by atoms with Crippen molar-refractivity contribution in [1.29, 1.82) is 0 Å². The zero-order valence-electron chi connectivity index (χ0n) is 12.3. The summed E-state index contributed by atoms with van der Waals surface area (Å²) in [5.41, 5.74) is 3.46. The lowest BCUT2D eigenvalue weighted by atomic mass is 9.87. The van der Waals surface area contributed by atoms with Crippen LogP contribution in [0.4, 0.5) is 0 Å². The van der Waals surface area contributed by atoms with E-state index in [0.29, 0.717) is 11.5 Å². The summed E-state index contributed by atoms with van der Waals surface area (Å²) >= 11 is 1.26. The number of hydrazine groups is 1. The second-order valence-corrected chi connectivity index (χ2v) is 6.77. The van der Waals surface area contributed by atoms with Crippen LogP contribution >= 0.6 is 11.3 Å². The number of nitrogens with one attached hydrogen (secondary N) is 1. The first kappa shape index (κ1) is 15.5. The molecule has 0 radical (unpaired) electrons. The molecule has 0 aliphatic rings. The Hall–Kier alpha value is -1.92. The Morgan fingerprint density at radius 1 is 1.33 bits per heavy atom. The minimum Gasteiger partial charge on any atom is -0.486 e. The van der Waals surface area contributed by atoms with Crippen molar-refractivity contribution in [2.24, 2.45) is 5.84 Å². The highest BCUT2D eigenvalue weighted by atomic mass is 32.1. The molecule has 0 saturated heterocycles. The number of ether oxygens (including phenoxy) is 1. The highest BCUT2D eigenvalue weighted by molar-refractivity contribution is 7.13. The summed E-state index contributed by atoms with van der Waals surface area (Å²) < 4.78 is 5.67. The number of amides is 1. The SMILES string of the molecule is CC(C)(C)c1ccc(OCc2ncc(C(=O)NN)s2)cc1. The number of nitrogen functional groups attached to an aromatic ring is 1. The minimum absolute atomic E-state index is 0.123. The fourth-order valence-electron chi connectivity index (χ4n) is 1.75. The zero-order valence-corrected chi connectivity index (χ0v) is 13.2. The van der Waals surface area contributed by atoms with E-state index in [-0.39, 0.29) is 11.3 Å². The van der Waals surface area contributed by atoms with Crippen LogP contribution in [0.3, 0.4) is 0 Å². The molecule has 0 atom stereocenters. The van der Waals surface area contributed by atoms with E-state index < -0.39 is 0 Å². The summed E-state index contributed by atoms with van der Waals surface area (Å²) in [4.78, 5) is 15.9. The average molecular weight is 305 g/mol. The molecule has 21 heavy (non-hydrogen) atoms. The molecule has 112 valence electrons. The highest BCUT2D eigenvalue weighted by Gasteiger charge is 2.13. The smallest absolute Gasteiger partial charge is 0.276 e. The van der Waals surface area contributed by atoms with Crippen LogP contribution in [0.5, 0.6) is 5.75 Å². The van der Waals surface area contributed by atoms with Gasteiger partial charge in [-0.05, 0) is 23.1 Å². The largest absolute Gasteiger partial charge is 0.486 e. The Kier molecular flexibility index (Phi) is 4.59. The molecule has 0 fully saturated rings. The Labute approximate surface area is 128 Å². The van der Waals surface area contributed by atoms with Crippen LogP contribution in [-0.2, 0) is 12.0 Å². The van der Waals surface area contributed by atoms with Crippen LogP contribution in [0, 0.1) is 0 Å². The number of thiazole rings is 1. The molecule has 1 heterocycles. The molecule has 0 saturated carbocycles. The van der Waals surface area contributed by atoms with E-state index in [4.69, 9.17) is 10.6 Å².